The van der Waals surface area contributed by atoms with Crippen molar-refractivity contribution in [1.82, 2.24) is 5.32 Å². The van der Waals surface area contributed by atoms with Gasteiger partial charge in [0.15, 0.2) is 0 Å². The number of carbonyl (C=O) groups excluding carboxylic acids is 2. The molecule has 3 saturated heterocycles. The molecular weight excluding hydrogens is 460 g/mol. The normalized spacial score (nSPS) is 39.2. The van der Waals surface area contributed by atoms with Gasteiger partial charge in [-0.05, 0) is 103 Å². The van der Waals surface area contributed by atoms with Gasteiger partial charge in [0.05, 0.1) is 18.2 Å². The van der Waals surface area contributed by atoms with Crippen LogP contribution in [0.5, 0.6) is 0 Å². The topological polar surface area (TPSA) is 120 Å². The van der Waals surface area contributed by atoms with Crippen LogP contribution in [0.3, 0.4) is 0 Å². The second kappa shape index (κ2) is 11.1. The maximum Gasteiger partial charge on any atom is 0.334 e. The number of carbonyl (C=O) groups is 2. The smallest absolute Gasteiger partial charge is 0.334 e. The molecule has 0 radical (unpaired) electrons. The van der Waals surface area contributed by atoms with Gasteiger partial charge in [-0.15, -0.1) is 0 Å². The van der Waals surface area contributed by atoms with Gasteiger partial charge in [0.25, 0.3) is 0 Å². The zero-order valence-electron chi connectivity index (χ0n) is 22.5. The largest absolute Gasteiger partial charge is 0.462 e. The first kappa shape index (κ1) is 27.6. The first-order valence-corrected chi connectivity index (χ1v) is 13.9. The molecule has 0 aromatic rings. The predicted octanol–water partition coefficient (Wildman–Crippen LogP) is 3.21. The molecule has 8 atom stereocenters. The fraction of sp³-hybridized carbons (Fsp3) is 0.857. The molecule has 4 aliphatic rings. The lowest BCUT2D eigenvalue weighted by Gasteiger charge is -2.46. The summed E-state index contributed by atoms with van der Waals surface area (Å²) in [5, 5.41) is 12.6. The van der Waals surface area contributed by atoms with Crippen LogP contribution in [0.1, 0.15) is 85.5 Å². The number of piperidine rings is 1. The average molecular weight is 507 g/mol. The molecular formula is C28H46N2O6. The Balaban J connectivity index is 1.54. The van der Waals surface area contributed by atoms with Gasteiger partial charge in [0.1, 0.15) is 17.3 Å². The Morgan fingerprint density at radius 1 is 1.25 bits per heavy atom. The molecule has 1 aliphatic carbocycles. The molecule has 8 nitrogen and oxygen atoms in total. The highest BCUT2D eigenvalue weighted by atomic mass is 16.6. The molecule has 4 rings (SSSR count). The number of ether oxygens (including phenoxy) is 3. The van der Waals surface area contributed by atoms with Crippen molar-refractivity contribution < 1.29 is 28.9 Å². The van der Waals surface area contributed by atoms with Gasteiger partial charge < -0.3 is 30.4 Å². The molecule has 3 heterocycles. The minimum absolute atomic E-state index is 0.0207. The van der Waals surface area contributed by atoms with E-state index in [1.165, 1.54) is 0 Å². The number of nitrogens with one attached hydrogen (secondary N) is 1. The Morgan fingerprint density at radius 2 is 2.03 bits per heavy atom. The third-order valence-electron chi connectivity index (χ3n) is 9.36. The van der Waals surface area contributed by atoms with Crippen LogP contribution in [-0.2, 0) is 23.8 Å². The maximum atomic E-state index is 12.9. The lowest BCUT2D eigenvalue weighted by molar-refractivity contribution is -0.207. The molecule has 36 heavy (non-hydrogen) atoms. The Bertz CT molecular complexity index is 836. The minimum Gasteiger partial charge on any atom is -0.462 e. The van der Waals surface area contributed by atoms with Crippen molar-refractivity contribution in [3.63, 3.8) is 0 Å². The van der Waals surface area contributed by atoms with Crippen molar-refractivity contribution in [2.75, 3.05) is 13.2 Å². The van der Waals surface area contributed by atoms with E-state index >= 15 is 0 Å². The lowest BCUT2D eigenvalue weighted by atomic mass is 9.68. The minimum atomic E-state index is -0.823. The van der Waals surface area contributed by atoms with Crippen LogP contribution in [0.2, 0.25) is 0 Å². The monoisotopic (exact) mass is 506 g/mol. The van der Waals surface area contributed by atoms with Crippen molar-refractivity contribution >= 4 is 11.9 Å². The highest BCUT2D eigenvalue weighted by molar-refractivity contribution is 5.88. The van der Waals surface area contributed by atoms with Gasteiger partial charge in [-0.3, -0.25) is 4.79 Å². The number of hydrogen-bond donors (Lipinski definition) is 3. The molecule has 1 saturated carbocycles. The molecule has 8 unspecified atom stereocenters. The molecule has 0 amide bonds. The van der Waals surface area contributed by atoms with E-state index in [1.807, 2.05) is 20.8 Å². The summed E-state index contributed by atoms with van der Waals surface area (Å²) in [6, 6.07) is 0. The van der Waals surface area contributed by atoms with E-state index in [2.05, 4.69) is 5.32 Å². The summed E-state index contributed by atoms with van der Waals surface area (Å²) in [5.74, 6) is 0.472. The number of nitrogens with two attached hydrogens (primary N) is 1. The summed E-state index contributed by atoms with van der Waals surface area (Å²) in [6.45, 7) is 8.53. The van der Waals surface area contributed by atoms with Crippen LogP contribution in [0.15, 0.2) is 11.6 Å². The summed E-state index contributed by atoms with van der Waals surface area (Å²) in [7, 11) is 0. The number of esters is 2. The van der Waals surface area contributed by atoms with Crippen molar-refractivity contribution in [2.45, 2.75) is 115 Å². The summed E-state index contributed by atoms with van der Waals surface area (Å²) < 4.78 is 19.0. The maximum absolute atomic E-state index is 12.9. The fourth-order valence-corrected chi connectivity index (χ4v) is 6.97. The molecule has 4 N–H and O–H groups in total. The summed E-state index contributed by atoms with van der Waals surface area (Å²) in [6.07, 6.45) is 8.99. The van der Waals surface area contributed by atoms with E-state index in [0.29, 0.717) is 42.6 Å². The third-order valence-corrected chi connectivity index (χ3v) is 9.36. The van der Waals surface area contributed by atoms with Crippen LogP contribution in [0.4, 0.5) is 0 Å². The molecule has 0 spiro atoms. The van der Waals surface area contributed by atoms with Gasteiger partial charge in [-0.2, -0.15) is 0 Å². The summed E-state index contributed by atoms with van der Waals surface area (Å²) >= 11 is 0. The van der Waals surface area contributed by atoms with E-state index in [9.17, 15) is 14.7 Å². The number of rotatable bonds is 8. The Labute approximate surface area is 215 Å². The van der Waals surface area contributed by atoms with Crippen molar-refractivity contribution in [2.24, 2.45) is 29.4 Å². The van der Waals surface area contributed by atoms with Gasteiger partial charge in [-0.1, -0.05) is 6.08 Å². The average Bonchev–Trinajstić information content (AvgIpc) is 3.20. The molecule has 8 heteroatoms. The number of fused-ring (bicyclic) bond motifs is 2. The zero-order chi connectivity index (χ0) is 26.1. The first-order chi connectivity index (χ1) is 17.1. The molecule has 0 aromatic carbocycles. The van der Waals surface area contributed by atoms with E-state index in [-0.39, 0.29) is 42.8 Å². The van der Waals surface area contributed by atoms with Crippen molar-refractivity contribution in [1.29, 1.82) is 0 Å². The molecule has 0 bridgehead atoms. The first-order valence-electron chi connectivity index (χ1n) is 13.9. The van der Waals surface area contributed by atoms with Gasteiger partial charge in [-0.25, -0.2) is 4.79 Å². The van der Waals surface area contributed by atoms with Gasteiger partial charge >= 0.3 is 11.9 Å². The standard InChI is InChI=1S/C28H46N2O6/c1-5-17(2)25(32)36-27(3,4)28(14-18-8-9-24(29)30-16-18)15-21-12-20-11-19(7-6-10-31)26(33)34-22(20)13-23(21)35-28/h5,18-24,30-31H,6-16,29H2,1-4H3. The quantitative estimate of drug-likeness (QED) is 0.339. The lowest BCUT2D eigenvalue weighted by Crippen LogP contribution is -2.56. The SMILES string of the molecule is CC=C(C)C(=O)OC(C)(C)C1(CC2CCC(N)NC2)CC2CC3CC(CCCO)C(=O)OC3CC2O1. The van der Waals surface area contributed by atoms with Gasteiger partial charge in [0.2, 0.25) is 0 Å². The predicted molar refractivity (Wildman–Crippen MR) is 136 cm³/mol. The Morgan fingerprint density at radius 3 is 2.69 bits per heavy atom. The summed E-state index contributed by atoms with van der Waals surface area (Å²) in [4.78, 5) is 25.5. The third kappa shape index (κ3) is 5.66. The van der Waals surface area contributed by atoms with E-state index < -0.39 is 11.2 Å². The summed E-state index contributed by atoms with van der Waals surface area (Å²) in [5.41, 5.74) is 5.23. The van der Waals surface area contributed by atoms with Crippen molar-refractivity contribution in [3.8, 4) is 0 Å². The number of allylic oxidation sites excluding steroid dienone is 1. The number of aliphatic hydroxyl groups excluding tert-OH is 1. The zero-order valence-corrected chi connectivity index (χ0v) is 22.5. The number of hydrogen-bond acceptors (Lipinski definition) is 8. The Hall–Kier alpha value is -1.48. The highest BCUT2D eigenvalue weighted by Gasteiger charge is 2.60. The Kier molecular flexibility index (Phi) is 8.49. The van der Waals surface area contributed by atoms with Crippen molar-refractivity contribution in [3.05, 3.63) is 11.6 Å². The molecule has 4 fully saturated rings. The van der Waals surface area contributed by atoms with Gasteiger partial charge in [0, 0.05) is 18.6 Å². The molecule has 3 aliphatic heterocycles. The van der Waals surface area contributed by atoms with E-state index in [4.69, 9.17) is 19.9 Å². The van der Waals surface area contributed by atoms with Crippen LogP contribution >= 0.6 is 0 Å². The van der Waals surface area contributed by atoms with Crippen LogP contribution < -0.4 is 11.1 Å². The van der Waals surface area contributed by atoms with Crippen LogP contribution in [-0.4, -0.2) is 59.8 Å². The van der Waals surface area contributed by atoms with E-state index in [1.54, 1.807) is 13.0 Å². The second-order valence-electron chi connectivity index (χ2n) is 12.2. The number of aliphatic hydroxyl groups is 1. The molecule has 0 aromatic heterocycles. The highest BCUT2D eigenvalue weighted by Crippen LogP contribution is 2.54. The molecule has 204 valence electrons. The van der Waals surface area contributed by atoms with Crippen LogP contribution in [0.25, 0.3) is 0 Å². The fourth-order valence-electron chi connectivity index (χ4n) is 6.97. The van der Waals surface area contributed by atoms with E-state index in [0.717, 1.165) is 45.1 Å². The second-order valence-corrected chi connectivity index (χ2v) is 12.2. The van der Waals surface area contributed by atoms with Crippen LogP contribution in [0, 0.1) is 23.7 Å².